The summed E-state index contributed by atoms with van der Waals surface area (Å²) in [5.41, 5.74) is 1.68. The SMILES string of the molecule is Cn1ccnc1C(O)c1cnc2ccccc2c1. The van der Waals surface area contributed by atoms with E-state index in [1.807, 2.05) is 43.6 Å². The molecular weight excluding hydrogens is 226 g/mol. The van der Waals surface area contributed by atoms with Gasteiger partial charge in [0, 0.05) is 36.6 Å². The first-order valence-corrected chi connectivity index (χ1v) is 5.75. The van der Waals surface area contributed by atoms with Gasteiger partial charge in [0.1, 0.15) is 11.9 Å². The Kier molecular flexibility index (Phi) is 2.57. The molecule has 1 atom stereocenters. The number of aryl methyl sites for hydroxylation is 1. The molecule has 0 bridgehead atoms. The molecule has 0 aliphatic carbocycles. The smallest absolute Gasteiger partial charge is 0.142 e. The van der Waals surface area contributed by atoms with Gasteiger partial charge in [0.05, 0.1) is 5.52 Å². The number of rotatable bonds is 2. The van der Waals surface area contributed by atoms with Crippen LogP contribution in [0.5, 0.6) is 0 Å². The number of pyridine rings is 1. The molecule has 2 aromatic heterocycles. The third-order valence-corrected chi connectivity index (χ3v) is 3.03. The molecule has 0 saturated carbocycles. The van der Waals surface area contributed by atoms with Crippen LogP contribution < -0.4 is 0 Å². The Hall–Kier alpha value is -2.20. The second kappa shape index (κ2) is 4.23. The minimum Gasteiger partial charge on any atom is -0.380 e. The summed E-state index contributed by atoms with van der Waals surface area (Å²) >= 11 is 0. The number of aliphatic hydroxyl groups excluding tert-OH is 1. The van der Waals surface area contributed by atoms with Crippen molar-refractivity contribution >= 4 is 10.9 Å². The van der Waals surface area contributed by atoms with Gasteiger partial charge in [0.2, 0.25) is 0 Å². The topological polar surface area (TPSA) is 50.9 Å². The summed E-state index contributed by atoms with van der Waals surface area (Å²) in [6, 6.07) is 9.79. The lowest BCUT2D eigenvalue weighted by Crippen LogP contribution is -2.07. The Balaban J connectivity index is 2.07. The number of hydrogen-bond donors (Lipinski definition) is 1. The fraction of sp³-hybridized carbons (Fsp3) is 0.143. The monoisotopic (exact) mass is 239 g/mol. The molecular formula is C14H13N3O. The molecule has 18 heavy (non-hydrogen) atoms. The number of fused-ring (bicyclic) bond motifs is 1. The summed E-state index contributed by atoms with van der Waals surface area (Å²) < 4.78 is 1.81. The van der Waals surface area contributed by atoms with Crippen molar-refractivity contribution < 1.29 is 5.11 Å². The Bertz CT molecular complexity index is 690. The Labute approximate surface area is 105 Å². The number of imidazole rings is 1. The standard InChI is InChI=1S/C14H13N3O/c1-17-7-6-15-14(17)13(18)11-8-10-4-2-3-5-12(10)16-9-11/h2-9,13,18H,1H3. The lowest BCUT2D eigenvalue weighted by atomic mass is 10.1. The summed E-state index contributed by atoms with van der Waals surface area (Å²) in [7, 11) is 1.86. The fourth-order valence-corrected chi connectivity index (χ4v) is 2.03. The molecule has 0 aliphatic heterocycles. The van der Waals surface area contributed by atoms with E-state index in [1.165, 1.54) is 0 Å². The van der Waals surface area contributed by atoms with Gasteiger partial charge in [-0.3, -0.25) is 4.98 Å². The van der Waals surface area contributed by atoms with Gasteiger partial charge in [-0.05, 0) is 12.1 Å². The van der Waals surface area contributed by atoms with Gasteiger partial charge in [0.25, 0.3) is 0 Å². The van der Waals surface area contributed by atoms with Crippen LogP contribution >= 0.6 is 0 Å². The third kappa shape index (κ3) is 1.76. The van der Waals surface area contributed by atoms with Crippen molar-refractivity contribution in [1.82, 2.24) is 14.5 Å². The van der Waals surface area contributed by atoms with E-state index in [1.54, 1.807) is 17.0 Å². The largest absolute Gasteiger partial charge is 0.380 e. The van der Waals surface area contributed by atoms with Crippen LogP contribution in [0.2, 0.25) is 0 Å². The number of aromatic nitrogens is 3. The molecule has 3 aromatic rings. The van der Waals surface area contributed by atoms with Crippen molar-refractivity contribution in [2.75, 3.05) is 0 Å². The Morgan fingerprint density at radius 2 is 2.06 bits per heavy atom. The van der Waals surface area contributed by atoms with Crippen molar-refractivity contribution in [2.24, 2.45) is 7.05 Å². The minimum atomic E-state index is -0.748. The summed E-state index contributed by atoms with van der Waals surface area (Å²) in [4.78, 5) is 8.50. The summed E-state index contributed by atoms with van der Waals surface area (Å²) in [5.74, 6) is 0.618. The predicted octanol–water partition coefficient (Wildman–Crippen LogP) is 2.05. The number of para-hydroxylation sites is 1. The van der Waals surface area contributed by atoms with Gasteiger partial charge in [-0.2, -0.15) is 0 Å². The van der Waals surface area contributed by atoms with Gasteiger partial charge in [0.15, 0.2) is 0 Å². The van der Waals surface area contributed by atoms with Crippen LogP contribution in [-0.2, 0) is 7.05 Å². The highest BCUT2D eigenvalue weighted by atomic mass is 16.3. The zero-order chi connectivity index (χ0) is 12.5. The maximum Gasteiger partial charge on any atom is 0.142 e. The zero-order valence-corrected chi connectivity index (χ0v) is 9.99. The van der Waals surface area contributed by atoms with Crippen molar-refractivity contribution in [1.29, 1.82) is 0 Å². The van der Waals surface area contributed by atoms with E-state index in [2.05, 4.69) is 9.97 Å². The first-order chi connectivity index (χ1) is 8.75. The van der Waals surface area contributed by atoms with Crippen molar-refractivity contribution in [3.05, 3.63) is 60.3 Å². The predicted molar refractivity (Wildman–Crippen MR) is 69.0 cm³/mol. The van der Waals surface area contributed by atoms with Gasteiger partial charge >= 0.3 is 0 Å². The summed E-state index contributed by atoms with van der Waals surface area (Å²) in [5, 5.41) is 11.3. The van der Waals surface area contributed by atoms with E-state index in [-0.39, 0.29) is 0 Å². The molecule has 1 unspecified atom stereocenters. The van der Waals surface area contributed by atoms with Gasteiger partial charge in [-0.1, -0.05) is 18.2 Å². The molecule has 0 spiro atoms. The van der Waals surface area contributed by atoms with Crippen LogP contribution in [0.15, 0.2) is 48.9 Å². The van der Waals surface area contributed by atoms with Crippen LogP contribution in [0, 0.1) is 0 Å². The fourth-order valence-electron chi connectivity index (χ4n) is 2.03. The molecule has 1 N–H and O–H groups in total. The first-order valence-electron chi connectivity index (χ1n) is 5.75. The molecule has 4 nitrogen and oxygen atoms in total. The van der Waals surface area contributed by atoms with Crippen molar-refractivity contribution in [3.63, 3.8) is 0 Å². The highest BCUT2D eigenvalue weighted by Crippen LogP contribution is 2.22. The first kappa shape index (κ1) is 10.9. The van der Waals surface area contributed by atoms with Crippen LogP contribution in [0.1, 0.15) is 17.5 Å². The quantitative estimate of drug-likeness (QED) is 0.744. The van der Waals surface area contributed by atoms with Gasteiger partial charge in [-0.25, -0.2) is 4.98 Å². The average Bonchev–Trinajstić information content (AvgIpc) is 2.83. The molecule has 1 aromatic carbocycles. The lowest BCUT2D eigenvalue weighted by Gasteiger charge is -2.11. The van der Waals surface area contributed by atoms with E-state index in [9.17, 15) is 5.11 Å². The average molecular weight is 239 g/mol. The molecule has 4 heteroatoms. The maximum absolute atomic E-state index is 10.3. The molecule has 0 fully saturated rings. The molecule has 3 rings (SSSR count). The second-order valence-electron chi connectivity index (χ2n) is 4.26. The number of hydrogen-bond acceptors (Lipinski definition) is 3. The van der Waals surface area contributed by atoms with E-state index in [0.29, 0.717) is 5.82 Å². The Morgan fingerprint density at radius 3 is 2.83 bits per heavy atom. The number of aliphatic hydroxyl groups is 1. The summed E-state index contributed by atoms with van der Waals surface area (Å²) in [6.45, 7) is 0. The maximum atomic E-state index is 10.3. The molecule has 0 amide bonds. The van der Waals surface area contributed by atoms with E-state index >= 15 is 0 Å². The highest BCUT2D eigenvalue weighted by molar-refractivity contribution is 5.78. The van der Waals surface area contributed by atoms with Crippen molar-refractivity contribution in [2.45, 2.75) is 6.10 Å². The molecule has 90 valence electrons. The zero-order valence-electron chi connectivity index (χ0n) is 9.99. The van der Waals surface area contributed by atoms with Gasteiger partial charge in [-0.15, -0.1) is 0 Å². The normalized spacial score (nSPS) is 12.8. The summed E-state index contributed by atoms with van der Waals surface area (Å²) in [6.07, 6.45) is 4.43. The molecule has 0 saturated heterocycles. The second-order valence-corrected chi connectivity index (χ2v) is 4.26. The third-order valence-electron chi connectivity index (χ3n) is 3.03. The molecule has 0 aliphatic rings. The molecule has 0 radical (unpaired) electrons. The van der Waals surface area contributed by atoms with Crippen LogP contribution in [0.4, 0.5) is 0 Å². The Morgan fingerprint density at radius 1 is 1.22 bits per heavy atom. The van der Waals surface area contributed by atoms with Crippen LogP contribution in [-0.4, -0.2) is 19.6 Å². The lowest BCUT2D eigenvalue weighted by molar-refractivity contribution is 0.206. The minimum absolute atomic E-state index is 0.618. The van der Waals surface area contributed by atoms with Crippen LogP contribution in [0.3, 0.4) is 0 Å². The van der Waals surface area contributed by atoms with Crippen LogP contribution in [0.25, 0.3) is 10.9 Å². The molecule has 2 heterocycles. The van der Waals surface area contributed by atoms with Gasteiger partial charge < -0.3 is 9.67 Å². The number of benzene rings is 1. The number of nitrogens with zero attached hydrogens (tertiary/aromatic N) is 3. The van der Waals surface area contributed by atoms with Crippen molar-refractivity contribution in [3.8, 4) is 0 Å². The highest BCUT2D eigenvalue weighted by Gasteiger charge is 2.15. The van der Waals surface area contributed by atoms with E-state index < -0.39 is 6.10 Å². The van der Waals surface area contributed by atoms with E-state index in [0.717, 1.165) is 16.5 Å². The van der Waals surface area contributed by atoms with E-state index in [4.69, 9.17) is 0 Å².